The number of benzene rings is 1. The Morgan fingerprint density at radius 3 is 2.68 bits per heavy atom. The van der Waals surface area contributed by atoms with E-state index in [4.69, 9.17) is 9.47 Å². The minimum Gasteiger partial charge on any atom is -0.494 e. The van der Waals surface area contributed by atoms with Crippen LogP contribution in [-0.2, 0) is 9.53 Å². The average molecular weight is 293 g/mol. The van der Waals surface area contributed by atoms with E-state index in [0.29, 0.717) is 17.9 Å². The molecule has 0 bridgehead atoms. The molecule has 110 valence electrons. The lowest BCUT2D eigenvalue weighted by molar-refractivity contribution is -0.130. The third-order valence-electron chi connectivity index (χ3n) is 3.17. The van der Waals surface area contributed by atoms with Crippen LogP contribution in [0.3, 0.4) is 0 Å². The first-order chi connectivity index (χ1) is 10.8. The van der Waals surface area contributed by atoms with Gasteiger partial charge < -0.3 is 9.47 Å². The van der Waals surface area contributed by atoms with Crippen molar-refractivity contribution in [3.63, 3.8) is 0 Å². The van der Waals surface area contributed by atoms with Crippen LogP contribution in [0.2, 0.25) is 0 Å². The largest absolute Gasteiger partial charge is 0.494 e. The molecule has 0 unspecified atom stereocenters. The molecule has 0 atom stereocenters. The van der Waals surface area contributed by atoms with E-state index in [2.05, 4.69) is 4.98 Å². The van der Waals surface area contributed by atoms with Crippen molar-refractivity contribution in [1.29, 1.82) is 0 Å². The van der Waals surface area contributed by atoms with Gasteiger partial charge in [-0.3, -0.25) is 4.98 Å². The van der Waals surface area contributed by atoms with Crippen LogP contribution in [-0.4, -0.2) is 17.6 Å². The molecule has 0 saturated carbocycles. The van der Waals surface area contributed by atoms with E-state index in [1.165, 1.54) is 0 Å². The summed E-state index contributed by atoms with van der Waals surface area (Å²) in [7, 11) is 0. The van der Waals surface area contributed by atoms with E-state index in [1.807, 2.05) is 49.4 Å². The maximum Gasteiger partial charge on any atom is 0.343 e. The predicted molar refractivity (Wildman–Crippen MR) is 83.9 cm³/mol. The predicted octanol–water partition coefficient (Wildman–Crippen LogP) is 3.46. The fraction of sp³-hybridized carbons (Fsp3) is 0.111. The maximum atomic E-state index is 11.9. The third kappa shape index (κ3) is 3.06. The molecule has 0 N–H and O–H groups in total. The number of carbonyl (C=O) groups is 1. The summed E-state index contributed by atoms with van der Waals surface area (Å²) in [6.45, 7) is 2.55. The van der Waals surface area contributed by atoms with Crippen LogP contribution in [0.25, 0.3) is 11.8 Å². The molecule has 2 aromatic rings. The fourth-order valence-electron chi connectivity index (χ4n) is 2.13. The lowest BCUT2D eigenvalue weighted by atomic mass is 10.1. The van der Waals surface area contributed by atoms with Gasteiger partial charge in [0.25, 0.3) is 0 Å². The first kappa shape index (κ1) is 14.1. The van der Waals surface area contributed by atoms with Crippen LogP contribution in [0, 0.1) is 0 Å². The molecule has 0 amide bonds. The van der Waals surface area contributed by atoms with E-state index >= 15 is 0 Å². The summed E-state index contributed by atoms with van der Waals surface area (Å²) in [6.07, 6.45) is 5.13. The zero-order valence-electron chi connectivity index (χ0n) is 12.2. The standard InChI is InChI=1S/C18H15NO3/c1-2-21-16-8-6-13(7-9-16)17-12-14(18(20)22-17)11-15-5-3-4-10-19-15/h3-12H,2H2,1H3/b14-11+. The number of esters is 1. The molecule has 2 heterocycles. The van der Waals surface area contributed by atoms with Crippen molar-refractivity contribution >= 4 is 17.8 Å². The summed E-state index contributed by atoms with van der Waals surface area (Å²) in [5, 5.41) is 0. The molecule has 1 aromatic heterocycles. The number of rotatable bonds is 4. The Morgan fingerprint density at radius 1 is 1.18 bits per heavy atom. The van der Waals surface area contributed by atoms with Gasteiger partial charge in [-0.2, -0.15) is 0 Å². The number of nitrogens with zero attached hydrogens (tertiary/aromatic N) is 1. The molecule has 0 aliphatic carbocycles. The molecule has 0 fully saturated rings. The molecule has 4 nitrogen and oxygen atoms in total. The van der Waals surface area contributed by atoms with Crippen molar-refractivity contribution in [3.05, 3.63) is 71.6 Å². The van der Waals surface area contributed by atoms with Crippen molar-refractivity contribution in [2.24, 2.45) is 0 Å². The second kappa shape index (κ2) is 6.26. The second-order valence-electron chi connectivity index (χ2n) is 4.71. The van der Waals surface area contributed by atoms with Gasteiger partial charge in [-0.15, -0.1) is 0 Å². The van der Waals surface area contributed by atoms with Crippen molar-refractivity contribution < 1.29 is 14.3 Å². The monoisotopic (exact) mass is 293 g/mol. The lowest BCUT2D eigenvalue weighted by Gasteiger charge is -2.05. The molecule has 4 heteroatoms. The van der Waals surface area contributed by atoms with E-state index < -0.39 is 0 Å². The number of aromatic nitrogens is 1. The summed E-state index contributed by atoms with van der Waals surface area (Å²) in [5.74, 6) is 0.963. The molecule has 0 radical (unpaired) electrons. The van der Waals surface area contributed by atoms with E-state index in [-0.39, 0.29) is 5.97 Å². The minimum absolute atomic E-state index is 0.366. The molecule has 1 aromatic carbocycles. The highest BCUT2D eigenvalue weighted by molar-refractivity contribution is 6.04. The van der Waals surface area contributed by atoms with Crippen molar-refractivity contribution in [2.75, 3.05) is 6.61 Å². The van der Waals surface area contributed by atoms with Crippen LogP contribution in [0.5, 0.6) is 5.75 Å². The normalized spacial score (nSPS) is 15.6. The molecule has 0 spiro atoms. The highest BCUT2D eigenvalue weighted by Gasteiger charge is 2.22. The quantitative estimate of drug-likeness (QED) is 0.640. The Morgan fingerprint density at radius 2 is 2.00 bits per heavy atom. The SMILES string of the molecule is CCOc1ccc(C2=C/C(=C\c3ccccn3)C(=O)O2)cc1. The number of hydrogen-bond donors (Lipinski definition) is 0. The Kier molecular flexibility index (Phi) is 4.01. The van der Waals surface area contributed by atoms with E-state index in [0.717, 1.165) is 17.0 Å². The lowest BCUT2D eigenvalue weighted by Crippen LogP contribution is -1.97. The minimum atomic E-state index is -0.366. The third-order valence-corrected chi connectivity index (χ3v) is 3.17. The van der Waals surface area contributed by atoms with Crippen LogP contribution < -0.4 is 4.74 Å². The first-order valence-corrected chi connectivity index (χ1v) is 7.06. The van der Waals surface area contributed by atoms with Gasteiger partial charge in [0.1, 0.15) is 11.5 Å². The zero-order chi connectivity index (χ0) is 15.4. The van der Waals surface area contributed by atoms with Gasteiger partial charge in [0.15, 0.2) is 0 Å². The van der Waals surface area contributed by atoms with Crippen LogP contribution in [0.1, 0.15) is 18.2 Å². The van der Waals surface area contributed by atoms with Crippen molar-refractivity contribution in [3.8, 4) is 5.75 Å². The molecular weight excluding hydrogens is 278 g/mol. The van der Waals surface area contributed by atoms with Crippen LogP contribution in [0.15, 0.2) is 60.3 Å². The molecule has 22 heavy (non-hydrogen) atoms. The summed E-state index contributed by atoms with van der Waals surface area (Å²) in [6, 6.07) is 13.0. The highest BCUT2D eigenvalue weighted by atomic mass is 16.5. The Hall–Kier alpha value is -2.88. The summed E-state index contributed by atoms with van der Waals surface area (Å²) >= 11 is 0. The second-order valence-corrected chi connectivity index (χ2v) is 4.71. The van der Waals surface area contributed by atoms with Gasteiger partial charge in [-0.25, -0.2) is 4.79 Å². The first-order valence-electron chi connectivity index (χ1n) is 7.06. The van der Waals surface area contributed by atoms with E-state index in [1.54, 1.807) is 18.3 Å². The molecule has 3 rings (SSSR count). The van der Waals surface area contributed by atoms with E-state index in [9.17, 15) is 4.79 Å². The highest BCUT2D eigenvalue weighted by Crippen LogP contribution is 2.28. The van der Waals surface area contributed by atoms with Crippen LogP contribution >= 0.6 is 0 Å². The summed E-state index contributed by atoms with van der Waals surface area (Å²) in [5.41, 5.74) is 2.04. The summed E-state index contributed by atoms with van der Waals surface area (Å²) in [4.78, 5) is 16.1. The van der Waals surface area contributed by atoms with Crippen molar-refractivity contribution in [1.82, 2.24) is 4.98 Å². The fourth-order valence-corrected chi connectivity index (χ4v) is 2.13. The Balaban J connectivity index is 1.85. The zero-order valence-corrected chi connectivity index (χ0v) is 12.2. The topological polar surface area (TPSA) is 48.4 Å². The van der Waals surface area contributed by atoms with Crippen LogP contribution in [0.4, 0.5) is 0 Å². The Bertz CT molecular complexity index is 731. The number of ether oxygens (including phenoxy) is 2. The van der Waals surface area contributed by atoms with Gasteiger partial charge >= 0.3 is 5.97 Å². The maximum absolute atomic E-state index is 11.9. The van der Waals surface area contributed by atoms with Gasteiger partial charge in [-0.1, -0.05) is 6.07 Å². The molecule has 1 aliphatic heterocycles. The number of cyclic esters (lactones) is 1. The summed E-state index contributed by atoms with van der Waals surface area (Å²) < 4.78 is 10.7. The average Bonchev–Trinajstić information content (AvgIpc) is 2.90. The number of hydrogen-bond acceptors (Lipinski definition) is 4. The number of carbonyl (C=O) groups excluding carboxylic acids is 1. The van der Waals surface area contributed by atoms with Gasteiger partial charge in [-0.05, 0) is 55.5 Å². The van der Waals surface area contributed by atoms with Gasteiger partial charge in [0, 0.05) is 11.8 Å². The van der Waals surface area contributed by atoms with Gasteiger partial charge in [0.05, 0.1) is 17.9 Å². The molecule has 0 saturated heterocycles. The smallest absolute Gasteiger partial charge is 0.343 e. The van der Waals surface area contributed by atoms with Crippen molar-refractivity contribution in [2.45, 2.75) is 6.92 Å². The Labute approximate surface area is 128 Å². The molecular formula is C18H15NO3. The molecule has 1 aliphatic rings. The van der Waals surface area contributed by atoms with Gasteiger partial charge in [0.2, 0.25) is 0 Å². The number of pyridine rings is 1.